The van der Waals surface area contributed by atoms with Crippen molar-refractivity contribution in [2.24, 2.45) is 35.5 Å². The molecule has 1 N–H and O–H groups in total. The fourth-order valence-corrected chi connectivity index (χ4v) is 3.55. The van der Waals surface area contributed by atoms with Crippen LogP contribution in [0.25, 0.3) is 0 Å². The number of carbonyl (C=O) groups excluding carboxylic acids is 1. The lowest BCUT2D eigenvalue weighted by Crippen LogP contribution is -2.39. The Labute approximate surface area is 107 Å². The molecule has 1 aliphatic rings. The van der Waals surface area contributed by atoms with Crippen molar-refractivity contribution in [2.75, 3.05) is 6.54 Å². The highest BCUT2D eigenvalue weighted by molar-refractivity contribution is 5.79. The molecule has 1 heterocycles. The van der Waals surface area contributed by atoms with Gasteiger partial charge in [-0.25, -0.2) is 0 Å². The molecule has 1 amide bonds. The van der Waals surface area contributed by atoms with E-state index < -0.39 is 0 Å². The Hall–Kier alpha value is -0.530. The van der Waals surface area contributed by atoms with Crippen LogP contribution in [0.3, 0.4) is 0 Å². The van der Waals surface area contributed by atoms with Crippen molar-refractivity contribution in [3.8, 4) is 0 Å². The molecule has 1 rings (SSSR count). The fraction of sp³-hybridized carbons (Fsp3) is 0.933. The van der Waals surface area contributed by atoms with Gasteiger partial charge in [0.15, 0.2) is 0 Å². The van der Waals surface area contributed by atoms with Crippen LogP contribution >= 0.6 is 0 Å². The lowest BCUT2D eigenvalue weighted by molar-refractivity contribution is -0.129. The molecular formula is C15H29NO. The standard InChI is InChI=1S/C15H29NO/c1-9(2)12-7-8-16-15(17)14(11(5)6)13(12)10(3)4/h9-14H,7-8H2,1-6H3,(H,16,17). The number of hydrogen-bond acceptors (Lipinski definition) is 1. The largest absolute Gasteiger partial charge is 0.356 e. The third kappa shape index (κ3) is 3.23. The minimum Gasteiger partial charge on any atom is -0.356 e. The van der Waals surface area contributed by atoms with Crippen molar-refractivity contribution in [1.82, 2.24) is 5.32 Å². The average Bonchev–Trinajstić information content (AvgIpc) is 2.36. The van der Waals surface area contributed by atoms with E-state index in [0.717, 1.165) is 13.0 Å². The van der Waals surface area contributed by atoms with Crippen LogP contribution in [0, 0.1) is 35.5 Å². The first kappa shape index (κ1) is 14.5. The molecule has 0 saturated carbocycles. The predicted octanol–water partition coefficient (Wildman–Crippen LogP) is 3.32. The van der Waals surface area contributed by atoms with Crippen LogP contribution in [-0.2, 0) is 4.79 Å². The van der Waals surface area contributed by atoms with Crippen molar-refractivity contribution in [1.29, 1.82) is 0 Å². The Morgan fingerprint density at radius 2 is 1.59 bits per heavy atom. The lowest BCUT2D eigenvalue weighted by Gasteiger charge is -2.37. The third-order valence-corrected chi connectivity index (χ3v) is 4.33. The topological polar surface area (TPSA) is 29.1 Å². The summed E-state index contributed by atoms with van der Waals surface area (Å²) < 4.78 is 0. The molecule has 0 aromatic carbocycles. The summed E-state index contributed by atoms with van der Waals surface area (Å²) in [6.45, 7) is 14.4. The van der Waals surface area contributed by atoms with Crippen molar-refractivity contribution < 1.29 is 4.79 Å². The highest BCUT2D eigenvalue weighted by Crippen LogP contribution is 2.40. The smallest absolute Gasteiger partial charge is 0.223 e. The lowest BCUT2D eigenvalue weighted by atomic mass is 9.66. The third-order valence-electron chi connectivity index (χ3n) is 4.33. The molecule has 3 unspecified atom stereocenters. The number of amides is 1. The van der Waals surface area contributed by atoms with E-state index in [0.29, 0.717) is 29.6 Å². The van der Waals surface area contributed by atoms with Crippen LogP contribution in [0.15, 0.2) is 0 Å². The van der Waals surface area contributed by atoms with E-state index in [1.165, 1.54) is 0 Å². The van der Waals surface area contributed by atoms with Gasteiger partial charge in [-0.3, -0.25) is 4.79 Å². The summed E-state index contributed by atoms with van der Waals surface area (Å²) >= 11 is 0. The first-order valence-electron chi connectivity index (χ1n) is 7.14. The first-order chi connectivity index (χ1) is 7.86. The number of hydrogen-bond donors (Lipinski definition) is 1. The molecule has 0 aromatic rings. The number of rotatable bonds is 3. The van der Waals surface area contributed by atoms with Crippen molar-refractivity contribution in [3.63, 3.8) is 0 Å². The zero-order valence-corrected chi connectivity index (χ0v) is 12.3. The normalized spacial score (nSPS) is 30.9. The first-order valence-corrected chi connectivity index (χ1v) is 7.14. The maximum atomic E-state index is 12.2. The van der Waals surface area contributed by atoms with E-state index in [2.05, 4.69) is 46.9 Å². The molecule has 2 nitrogen and oxygen atoms in total. The summed E-state index contributed by atoms with van der Waals surface area (Å²) in [5.41, 5.74) is 0. The van der Waals surface area contributed by atoms with Crippen LogP contribution in [-0.4, -0.2) is 12.5 Å². The van der Waals surface area contributed by atoms with Crippen molar-refractivity contribution >= 4 is 5.91 Å². The fourth-order valence-electron chi connectivity index (χ4n) is 3.55. The summed E-state index contributed by atoms with van der Waals surface area (Å²) in [6, 6.07) is 0. The molecule has 100 valence electrons. The molecule has 0 spiro atoms. The van der Waals surface area contributed by atoms with E-state index in [1.54, 1.807) is 0 Å². The maximum absolute atomic E-state index is 12.2. The summed E-state index contributed by atoms with van der Waals surface area (Å²) in [6.07, 6.45) is 1.13. The van der Waals surface area contributed by atoms with E-state index in [-0.39, 0.29) is 11.8 Å². The van der Waals surface area contributed by atoms with Gasteiger partial charge in [-0.1, -0.05) is 41.5 Å². The van der Waals surface area contributed by atoms with E-state index >= 15 is 0 Å². The average molecular weight is 239 g/mol. The molecule has 1 saturated heterocycles. The molecule has 3 atom stereocenters. The molecule has 0 aromatic heterocycles. The summed E-state index contributed by atoms with van der Waals surface area (Å²) in [5.74, 6) is 3.34. The minimum atomic E-state index is 0.185. The second-order valence-electron chi connectivity index (χ2n) is 6.58. The van der Waals surface area contributed by atoms with E-state index in [1.807, 2.05) is 0 Å². The molecule has 2 heteroatoms. The second-order valence-corrected chi connectivity index (χ2v) is 6.58. The van der Waals surface area contributed by atoms with Crippen molar-refractivity contribution in [2.45, 2.75) is 48.0 Å². The molecule has 0 radical (unpaired) electrons. The Balaban J connectivity index is 3.05. The van der Waals surface area contributed by atoms with Crippen LogP contribution in [0.1, 0.15) is 48.0 Å². The zero-order chi connectivity index (χ0) is 13.2. The Bertz CT molecular complexity index is 258. The number of nitrogens with one attached hydrogen (secondary N) is 1. The van der Waals surface area contributed by atoms with Gasteiger partial charge < -0.3 is 5.32 Å². The number of carbonyl (C=O) groups is 1. The van der Waals surface area contributed by atoms with Gasteiger partial charge in [0.25, 0.3) is 0 Å². The predicted molar refractivity (Wildman–Crippen MR) is 72.6 cm³/mol. The Kier molecular flexibility index (Phi) is 5.03. The maximum Gasteiger partial charge on any atom is 0.223 e. The van der Waals surface area contributed by atoms with Gasteiger partial charge in [0.2, 0.25) is 5.91 Å². The summed E-state index contributed by atoms with van der Waals surface area (Å²) in [4.78, 5) is 12.2. The van der Waals surface area contributed by atoms with Crippen LogP contribution in [0.2, 0.25) is 0 Å². The van der Waals surface area contributed by atoms with Gasteiger partial charge in [-0.2, -0.15) is 0 Å². The van der Waals surface area contributed by atoms with Crippen LogP contribution < -0.4 is 5.32 Å². The van der Waals surface area contributed by atoms with Gasteiger partial charge >= 0.3 is 0 Å². The quantitative estimate of drug-likeness (QED) is 0.804. The van der Waals surface area contributed by atoms with Crippen molar-refractivity contribution in [3.05, 3.63) is 0 Å². The highest BCUT2D eigenvalue weighted by atomic mass is 16.1. The molecule has 0 bridgehead atoms. The van der Waals surface area contributed by atoms with Gasteiger partial charge in [0, 0.05) is 12.5 Å². The zero-order valence-electron chi connectivity index (χ0n) is 12.3. The molecule has 1 aliphatic heterocycles. The highest BCUT2D eigenvalue weighted by Gasteiger charge is 2.40. The van der Waals surface area contributed by atoms with E-state index in [9.17, 15) is 4.79 Å². The van der Waals surface area contributed by atoms with Crippen LogP contribution in [0.4, 0.5) is 0 Å². The second kappa shape index (κ2) is 5.88. The van der Waals surface area contributed by atoms with Gasteiger partial charge in [0.1, 0.15) is 0 Å². The minimum absolute atomic E-state index is 0.185. The Morgan fingerprint density at radius 3 is 2.00 bits per heavy atom. The van der Waals surface area contributed by atoms with Crippen LogP contribution in [0.5, 0.6) is 0 Å². The molecule has 17 heavy (non-hydrogen) atoms. The van der Waals surface area contributed by atoms with Gasteiger partial charge in [-0.05, 0) is 36.0 Å². The SMILES string of the molecule is CC(C)C1CCNC(=O)C(C(C)C)C1C(C)C. The summed E-state index contributed by atoms with van der Waals surface area (Å²) in [7, 11) is 0. The van der Waals surface area contributed by atoms with E-state index in [4.69, 9.17) is 0 Å². The summed E-state index contributed by atoms with van der Waals surface area (Å²) in [5, 5.41) is 3.11. The Morgan fingerprint density at radius 1 is 1.00 bits per heavy atom. The van der Waals surface area contributed by atoms with Gasteiger partial charge in [0.05, 0.1) is 0 Å². The molecule has 1 fully saturated rings. The van der Waals surface area contributed by atoms with Gasteiger partial charge in [-0.15, -0.1) is 0 Å². The molecule has 0 aliphatic carbocycles. The monoisotopic (exact) mass is 239 g/mol. The molecular weight excluding hydrogens is 210 g/mol.